The number of unbranched alkanes of at least 4 members (excludes halogenated alkanes) is 14. The Bertz CT molecular complexity index is 450. The number of hydrogen-bond acceptors (Lipinski definition) is 5. The number of aliphatic hydroxyl groups excluding tert-OH is 1. The van der Waals surface area contributed by atoms with Crippen molar-refractivity contribution in [2.24, 2.45) is 0 Å². The zero-order valence-corrected chi connectivity index (χ0v) is 24.8. The molecule has 0 saturated heterocycles. The van der Waals surface area contributed by atoms with Gasteiger partial charge in [-0.1, -0.05) is 96.8 Å². The first-order valence-electron chi connectivity index (χ1n) is 13.3. The smallest absolute Gasteiger partial charge is 0.219 e. The van der Waals surface area contributed by atoms with E-state index in [1.807, 2.05) is 0 Å². The van der Waals surface area contributed by atoms with Crippen molar-refractivity contribution in [1.29, 1.82) is 0 Å². The molecule has 0 bridgehead atoms. The van der Waals surface area contributed by atoms with Crippen molar-refractivity contribution in [2.45, 2.75) is 116 Å². The average molecular weight is 499 g/mol. The van der Waals surface area contributed by atoms with E-state index in [0.717, 1.165) is 37.0 Å². The van der Waals surface area contributed by atoms with Crippen molar-refractivity contribution in [3.63, 3.8) is 0 Å². The summed E-state index contributed by atoms with van der Waals surface area (Å²) in [6, 6.07) is 0. The molecular formula is C25H53N3NaO5. The molecule has 1 amide bonds. The Labute approximate surface area is 231 Å². The Morgan fingerprint density at radius 3 is 1.53 bits per heavy atom. The second-order valence-electron chi connectivity index (χ2n) is 9.73. The fourth-order valence-corrected chi connectivity index (χ4v) is 3.86. The second-order valence-corrected chi connectivity index (χ2v) is 9.73. The van der Waals surface area contributed by atoms with E-state index in [9.17, 15) is 4.79 Å². The molecule has 0 aliphatic rings. The second kappa shape index (κ2) is 28.8. The third-order valence-electron chi connectivity index (χ3n) is 5.98. The summed E-state index contributed by atoms with van der Waals surface area (Å²) < 4.78 is 0.811. The van der Waals surface area contributed by atoms with Crippen LogP contribution in [0.1, 0.15) is 116 Å². The third-order valence-corrected chi connectivity index (χ3v) is 5.98. The molecular weight excluding hydrogens is 445 g/mol. The third kappa shape index (κ3) is 36.2. The molecule has 2 N–H and O–H groups in total. The molecule has 0 saturated carbocycles. The normalized spacial score (nSPS) is 10.7. The van der Waals surface area contributed by atoms with Gasteiger partial charge < -0.3 is 30.2 Å². The van der Waals surface area contributed by atoms with Crippen molar-refractivity contribution >= 4 is 35.5 Å². The maximum atomic E-state index is 11.9. The van der Waals surface area contributed by atoms with Crippen LogP contribution in [0.4, 0.5) is 0 Å². The predicted molar refractivity (Wildman–Crippen MR) is 142 cm³/mol. The molecule has 0 spiro atoms. The van der Waals surface area contributed by atoms with Crippen molar-refractivity contribution in [3.05, 3.63) is 15.3 Å². The van der Waals surface area contributed by atoms with Gasteiger partial charge in [0, 0.05) is 48.9 Å². The zero-order valence-electron chi connectivity index (χ0n) is 22.8. The maximum Gasteiger partial charge on any atom is 0.219 e. The molecule has 0 aromatic rings. The van der Waals surface area contributed by atoms with Gasteiger partial charge in [0.2, 0.25) is 5.91 Å². The molecule has 0 aromatic carbocycles. The fourth-order valence-electron chi connectivity index (χ4n) is 3.86. The number of quaternary nitrogens is 1. The fraction of sp³-hybridized carbons (Fsp3) is 0.960. The standard InChI is InChI=1S/C25H52N2O2.NO3.Na/c1-4-5-6-7-8-9-10-11-12-13-14-15-16-17-18-20-25(29)26-21-19-22-27(2,3)23-24-28;2-1(3)4;/h28H,4-24H2,1-3H3;;/q;-1;/p+1. The van der Waals surface area contributed by atoms with Crippen LogP contribution in [0.15, 0.2) is 0 Å². The van der Waals surface area contributed by atoms with Gasteiger partial charge in [-0.15, -0.1) is 0 Å². The van der Waals surface area contributed by atoms with Crippen LogP contribution in [0.5, 0.6) is 0 Å². The van der Waals surface area contributed by atoms with E-state index in [4.69, 9.17) is 20.4 Å². The van der Waals surface area contributed by atoms with E-state index in [2.05, 4.69) is 26.3 Å². The summed E-state index contributed by atoms with van der Waals surface area (Å²) in [6.07, 6.45) is 22.0. The summed E-state index contributed by atoms with van der Waals surface area (Å²) >= 11 is 0. The first kappa shape index (κ1) is 38.1. The van der Waals surface area contributed by atoms with Crippen LogP contribution in [0, 0.1) is 15.3 Å². The Morgan fingerprint density at radius 1 is 0.765 bits per heavy atom. The van der Waals surface area contributed by atoms with Crippen LogP contribution in [-0.2, 0) is 4.79 Å². The van der Waals surface area contributed by atoms with Crippen molar-refractivity contribution in [3.8, 4) is 0 Å². The molecule has 8 nitrogen and oxygen atoms in total. The molecule has 0 rings (SSSR count). The van der Waals surface area contributed by atoms with Crippen LogP contribution in [0.3, 0.4) is 0 Å². The monoisotopic (exact) mass is 498 g/mol. The first-order chi connectivity index (χ1) is 15.7. The van der Waals surface area contributed by atoms with E-state index in [0.29, 0.717) is 6.42 Å². The molecule has 0 atom stereocenters. The van der Waals surface area contributed by atoms with E-state index < -0.39 is 5.09 Å². The zero-order chi connectivity index (χ0) is 25.2. The van der Waals surface area contributed by atoms with Gasteiger partial charge in [-0.25, -0.2) is 0 Å². The van der Waals surface area contributed by atoms with Gasteiger partial charge in [-0.3, -0.25) is 4.79 Å². The van der Waals surface area contributed by atoms with Crippen molar-refractivity contribution in [2.75, 3.05) is 40.3 Å². The topological polar surface area (TPSA) is 116 Å². The minimum Gasteiger partial charge on any atom is -0.391 e. The number of carbonyl (C=O) groups is 1. The molecule has 0 aliphatic carbocycles. The molecule has 1 radical (unpaired) electrons. The minimum atomic E-state index is -1.75. The molecule has 199 valence electrons. The largest absolute Gasteiger partial charge is 0.391 e. The molecule has 0 fully saturated rings. The molecule has 0 aromatic heterocycles. The van der Waals surface area contributed by atoms with Gasteiger partial charge in [0.1, 0.15) is 6.54 Å². The van der Waals surface area contributed by atoms with Gasteiger partial charge in [0.05, 0.1) is 32.3 Å². The Morgan fingerprint density at radius 2 is 1.15 bits per heavy atom. The Balaban J connectivity index is -0.00000177. The Kier molecular flexibility index (Phi) is 32.3. The van der Waals surface area contributed by atoms with Gasteiger partial charge in [0.25, 0.3) is 0 Å². The maximum absolute atomic E-state index is 11.9. The molecule has 0 aliphatic heterocycles. The van der Waals surface area contributed by atoms with Crippen LogP contribution in [0.2, 0.25) is 0 Å². The summed E-state index contributed by atoms with van der Waals surface area (Å²) in [7, 11) is 4.24. The van der Waals surface area contributed by atoms with Crippen LogP contribution < -0.4 is 5.32 Å². The van der Waals surface area contributed by atoms with Crippen LogP contribution in [-0.4, -0.2) is 90.5 Å². The summed E-state index contributed by atoms with van der Waals surface area (Å²) in [5, 5.41) is 26.8. The number of likely N-dealkylation sites (N-methyl/N-ethyl adjacent to an activating group) is 1. The van der Waals surface area contributed by atoms with Crippen molar-refractivity contribution < 1.29 is 19.5 Å². The molecule has 0 unspecified atom stereocenters. The number of nitrogens with zero attached hydrogens (tertiary/aromatic N) is 2. The molecule has 0 heterocycles. The summed E-state index contributed by atoms with van der Waals surface area (Å²) in [5.74, 6) is 0.201. The average Bonchev–Trinajstić information content (AvgIpc) is 2.73. The van der Waals surface area contributed by atoms with Crippen molar-refractivity contribution in [1.82, 2.24) is 5.32 Å². The summed E-state index contributed by atoms with van der Waals surface area (Å²) in [4.78, 5) is 20.1. The van der Waals surface area contributed by atoms with Gasteiger partial charge in [-0.05, 0) is 6.42 Å². The van der Waals surface area contributed by atoms with E-state index in [-0.39, 0.29) is 42.1 Å². The summed E-state index contributed by atoms with van der Waals surface area (Å²) in [6.45, 7) is 5.01. The molecule has 34 heavy (non-hydrogen) atoms. The van der Waals surface area contributed by atoms with E-state index in [1.165, 1.54) is 89.9 Å². The number of aliphatic hydroxyl groups is 1. The van der Waals surface area contributed by atoms with Crippen LogP contribution in [0.25, 0.3) is 0 Å². The number of hydrogen-bond donors (Lipinski definition) is 2. The van der Waals surface area contributed by atoms with Gasteiger partial charge in [0.15, 0.2) is 0 Å². The number of amides is 1. The quantitative estimate of drug-likeness (QED) is 0.0699. The first-order valence-corrected chi connectivity index (χ1v) is 13.3. The predicted octanol–water partition coefficient (Wildman–Crippen LogP) is 5.20. The van der Waals surface area contributed by atoms with E-state index in [1.54, 1.807) is 0 Å². The van der Waals surface area contributed by atoms with Gasteiger partial charge >= 0.3 is 0 Å². The Hall–Kier alpha value is -0.410. The number of rotatable bonds is 22. The number of carbonyl (C=O) groups excluding carboxylic acids is 1. The summed E-state index contributed by atoms with van der Waals surface area (Å²) in [5.41, 5.74) is 0. The SMILES string of the molecule is CCCCCCCCCCCCCCCCCC(=O)NCCC[N+](C)(C)CCO.O=[N+]([O-])[O-].[Na]. The van der Waals surface area contributed by atoms with Gasteiger partial charge in [-0.2, -0.15) is 0 Å². The molecule has 9 heteroatoms. The van der Waals surface area contributed by atoms with Crippen LogP contribution >= 0.6 is 0 Å². The van der Waals surface area contributed by atoms with E-state index >= 15 is 0 Å². The number of nitrogens with one attached hydrogen (secondary N) is 1. The minimum absolute atomic E-state index is 0.